The smallest absolute Gasteiger partial charge is 0.413 e. The number of carbonyl (C=O) groups is 5. The summed E-state index contributed by atoms with van der Waals surface area (Å²) in [7, 11) is 0. The third-order valence-corrected chi connectivity index (χ3v) is 16.9. The van der Waals surface area contributed by atoms with Crippen LogP contribution in [-0.4, -0.2) is 84.4 Å². The molecule has 0 bridgehead atoms. The van der Waals surface area contributed by atoms with Crippen LogP contribution in [0.2, 0.25) is 0 Å². The Bertz CT molecular complexity index is 3050. The Kier molecular flexibility index (Phi) is 21.7. The van der Waals surface area contributed by atoms with E-state index in [0.717, 1.165) is 69.2 Å². The summed E-state index contributed by atoms with van der Waals surface area (Å²) in [5.41, 5.74) is 3.88. The lowest BCUT2D eigenvalue weighted by atomic mass is 10.0. The summed E-state index contributed by atoms with van der Waals surface area (Å²) in [6.07, 6.45) is 7.76. The highest BCUT2D eigenvalue weighted by Gasteiger charge is 2.55. The van der Waals surface area contributed by atoms with Crippen molar-refractivity contribution in [2.45, 2.75) is 101 Å². The van der Waals surface area contributed by atoms with Crippen LogP contribution in [0.1, 0.15) is 98.4 Å². The predicted octanol–water partition coefficient (Wildman–Crippen LogP) is 11.4. The van der Waals surface area contributed by atoms with E-state index in [1.54, 1.807) is 0 Å². The predicted molar refractivity (Wildman–Crippen MR) is 309 cm³/mol. The second kappa shape index (κ2) is 29.6. The molecule has 3 N–H and O–H groups in total. The molecule has 1 fully saturated rings. The molecule has 1 saturated heterocycles. The van der Waals surface area contributed by atoms with Gasteiger partial charge in [-0.3, -0.25) is 24.6 Å². The van der Waals surface area contributed by atoms with E-state index in [9.17, 15) is 33.6 Å². The molecule has 4 heterocycles. The van der Waals surface area contributed by atoms with Crippen LogP contribution in [0.5, 0.6) is 11.5 Å². The number of benzene rings is 5. The number of aliphatic hydroxyl groups is 1. The number of thiazole rings is 1. The van der Waals surface area contributed by atoms with Crippen LogP contribution < -0.4 is 20.1 Å². The first-order valence-electron chi connectivity index (χ1n) is 26.5. The Morgan fingerprint density at radius 2 is 1.43 bits per heavy atom. The minimum atomic E-state index is -1.11. The van der Waals surface area contributed by atoms with Gasteiger partial charge in [-0.25, -0.2) is 14.6 Å². The number of esters is 2. The number of nitrogens with one attached hydrogen (secondary N) is 2. The zero-order valence-electron chi connectivity index (χ0n) is 44.5. The van der Waals surface area contributed by atoms with Gasteiger partial charge in [0.15, 0.2) is 28.4 Å². The van der Waals surface area contributed by atoms with Crippen molar-refractivity contribution in [2.24, 2.45) is 0 Å². The molecule has 0 spiro atoms. The van der Waals surface area contributed by atoms with Gasteiger partial charge in [-0.15, -0.1) is 23.1 Å². The third-order valence-electron chi connectivity index (χ3n) is 13.1. The molecule has 1 aromatic heterocycles. The maximum absolute atomic E-state index is 14.0. The number of β-lactam (4-membered cyclic amide) rings is 1. The van der Waals surface area contributed by atoms with Gasteiger partial charge in [-0.2, -0.15) is 0 Å². The van der Waals surface area contributed by atoms with Gasteiger partial charge < -0.3 is 38.7 Å². The van der Waals surface area contributed by atoms with Crippen LogP contribution >= 0.6 is 23.1 Å². The molecular formula is C61H64N4O12S3. The van der Waals surface area contributed by atoms with Crippen LogP contribution in [0.25, 0.3) is 5.57 Å². The summed E-state index contributed by atoms with van der Waals surface area (Å²) in [5.74, 6) is -0.814. The molecule has 0 aliphatic carbocycles. The summed E-state index contributed by atoms with van der Waals surface area (Å²) in [6, 6.07) is 41.3. The van der Waals surface area contributed by atoms with Gasteiger partial charge in [0.25, 0.3) is 11.8 Å². The molecule has 0 radical (unpaired) electrons. The molecule has 418 valence electrons. The summed E-state index contributed by atoms with van der Waals surface area (Å²) in [4.78, 5) is 72.4. The van der Waals surface area contributed by atoms with E-state index in [4.69, 9.17) is 23.7 Å². The van der Waals surface area contributed by atoms with Crippen LogP contribution in [0.15, 0.2) is 162 Å². The number of amides is 3. The van der Waals surface area contributed by atoms with Crippen molar-refractivity contribution >= 4 is 74.8 Å². The van der Waals surface area contributed by atoms with Crippen molar-refractivity contribution in [1.82, 2.24) is 15.2 Å². The van der Waals surface area contributed by atoms with E-state index in [0.29, 0.717) is 17.9 Å². The van der Waals surface area contributed by atoms with Crippen LogP contribution in [-0.2, 0) is 64.2 Å². The maximum atomic E-state index is 14.0. The second-order valence-corrected chi connectivity index (χ2v) is 22.9. The zero-order valence-corrected chi connectivity index (χ0v) is 46.9. The highest BCUT2D eigenvalue weighted by atomic mass is 32.2. The SMILES string of the molecule is CCCCCCCC[S+]([O-])C(C)Cc1ccc2c(c1)OCO2.O=C(C/C=C(/C(=O)N[C@@H]1C(=O)N2C(C(=O)OC(c3ccccc3)c3ccccc3)=C(O)CS[C@H]12)c1csc(NC(=O)OCc2ccccc2)n1)OCc1ccccc1. The Balaban J connectivity index is 0.000000320. The summed E-state index contributed by atoms with van der Waals surface area (Å²) >= 11 is 1.44. The highest BCUT2D eigenvalue weighted by molar-refractivity contribution is 8.00. The number of nitrogens with zero attached hydrogens (tertiary/aromatic N) is 2. The van der Waals surface area contributed by atoms with Crippen LogP contribution in [0.3, 0.4) is 0 Å². The zero-order chi connectivity index (χ0) is 56.2. The highest BCUT2D eigenvalue weighted by Crippen LogP contribution is 2.41. The molecule has 80 heavy (non-hydrogen) atoms. The Morgan fingerprint density at radius 3 is 2.09 bits per heavy atom. The Labute approximate surface area is 477 Å². The molecule has 2 unspecified atom stereocenters. The largest absolute Gasteiger partial charge is 0.616 e. The lowest BCUT2D eigenvalue weighted by molar-refractivity contribution is -0.154. The first-order valence-corrected chi connectivity index (χ1v) is 29.8. The fraction of sp³-hybridized carbons (Fsp3) is 0.311. The standard InChI is InChI=1S/C43H36N4O9S2.C18H28O3S/c48-33-26-57-40-35(39(51)47(40)36(33)41(52)56-37(29-17-9-3-10-18-29)30-19-11-4-12-20-30)45-38(50)31(21-22-34(49)54-23-27-13-5-1-6-14-27)32-25-58-42(44-32)46-43(53)55-24-28-15-7-2-8-16-28;1-3-4-5-6-7-8-11-22(19)15(2)12-16-9-10-17-18(13-16)21-14-20-17/h1-21,25,35,37,40,48H,22-24,26H2,(H,45,50)(H,44,46,53);9-10,13,15H,3-8,11-12,14H2,1-2H3/b31-21+;/t35-,40-;/m1./s1. The van der Waals surface area contributed by atoms with Crippen molar-refractivity contribution < 1.29 is 57.3 Å². The number of thioether (sulfide) groups is 1. The van der Waals surface area contributed by atoms with Crippen LogP contribution in [0, 0.1) is 0 Å². The molecule has 3 aliphatic heterocycles. The molecule has 4 atom stereocenters. The number of hydrogen-bond acceptors (Lipinski definition) is 15. The number of aromatic nitrogens is 1. The second-order valence-electron chi connectivity index (χ2n) is 19.0. The molecule has 3 aliphatic rings. The molecule has 9 rings (SSSR count). The van der Waals surface area contributed by atoms with Crippen molar-refractivity contribution in [3.63, 3.8) is 0 Å². The Hall–Kier alpha value is -7.58. The quantitative estimate of drug-likeness (QED) is 0.0128. The Morgan fingerprint density at radius 1 is 0.812 bits per heavy atom. The normalized spacial score (nSPS) is 16.1. The molecule has 19 heteroatoms. The fourth-order valence-corrected chi connectivity index (χ4v) is 12.0. The van der Waals surface area contributed by atoms with Crippen LogP contribution in [0.4, 0.5) is 9.93 Å². The lowest BCUT2D eigenvalue weighted by Gasteiger charge is -2.49. The summed E-state index contributed by atoms with van der Waals surface area (Å²) in [6.45, 7) is 4.67. The average Bonchev–Trinajstić information content (AvgIpc) is 4.17. The molecule has 0 saturated carbocycles. The molecule has 16 nitrogen and oxygen atoms in total. The molecular weight excluding hydrogens is 1080 g/mol. The first-order chi connectivity index (χ1) is 38.9. The van der Waals surface area contributed by atoms with Gasteiger partial charge in [0.2, 0.25) is 6.79 Å². The van der Waals surface area contributed by atoms with E-state index in [-0.39, 0.29) is 58.5 Å². The van der Waals surface area contributed by atoms with Gasteiger partial charge in [0.1, 0.15) is 41.4 Å². The number of hydrogen-bond donors (Lipinski definition) is 3. The number of ether oxygens (including phenoxy) is 5. The van der Waals surface area contributed by atoms with Gasteiger partial charge in [-0.05, 0) is 59.7 Å². The molecule has 5 aromatic carbocycles. The number of rotatable bonds is 24. The van der Waals surface area contributed by atoms with E-state index in [1.807, 2.05) is 140 Å². The van der Waals surface area contributed by atoms with Crippen molar-refractivity contribution in [1.29, 1.82) is 0 Å². The number of aliphatic hydroxyl groups excluding tert-OH is 1. The van der Waals surface area contributed by atoms with E-state index >= 15 is 0 Å². The van der Waals surface area contributed by atoms with E-state index < -0.39 is 58.5 Å². The van der Waals surface area contributed by atoms with E-state index in [1.165, 1.54) is 49.1 Å². The van der Waals surface area contributed by atoms with Crippen molar-refractivity contribution in [3.8, 4) is 11.5 Å². The molecule has 6 aromatic rings. The first kappa shape index (κ1) is 58.6. The van der Waals surface area contributed by atoms with E-state index in [2.05, 4.69) is 29.5 Å². The number of unbranched alkanes of at least 4 members (excludes halogenated alkanes) is 5. The van der Waals surface area contributed by atoms with Gasteiger partial charge in [0, 0.05) is 11.8 Å². The third kappa shape index (κ3) is 16.3. The van der Waals surface area contributed by atoms with Gasteiger partial charge in [0.05, 0.1) is 23.4 Å². The fourth-order valence-electron chi connectivity index (χ4n) is 8.88. The summed E-state index contributed by atoms with van der Waals surface area (Å²) < 4.78 is 39.7. The number of fused-ring (bicyclic) bond motifs is 2. The minimum absolute atomic E-state index is 0.0238. The average molecular weight is 1140 g/mol. The topological polar surface area (TPSA) is 215 Å². The lowest BCUT2D eigenvalue weighted by Crippen LogP contribution is -2.70. The number of anilines is 1. The monoisotopic (exact) mass is 1140 g/mol. The van der Waals surface area contributed by atoms with Gasteiger partial charge >= 0.3 is 18.0 Å². The molecule has 3 amide bonds. The van der Waals surface area contributed by atoms with Crippen molar-refractivity contribution in [3.05, 3.63) is 196 Å². The number of carbonyl (C=O) groups excluding carboxylic acids is 5. The van der Waals surface area contributed by atoms with Crippen molar-refractivity contribution in [2.75, 3.05) is 23.6 Å². The maximum Gasteiger partial charge on any atom is 0.413 e. The van der Waals surface area contributed by atoms with Gasteiger partial charge in [-0.1, -0.05) is 177 Å². The summed E-state index contributed by atoms with van der Waals surface area (Å²) in [5, 5.41) is 17.3. The minimum Gasteiger partial charge on any atom is -0.616 e.